The van der Waals surface area contributed by atoms with Gasteiger partial charge in [-0.2, -0.15) is 0 Å². The quantitative estimate of drug-likeness (QED) is 0.474. The van der Waals surface area contributed by atoms with E-state index in [1.807, 2.05) is 6.08 Å². The first-order valence-corrected chi connectivity index (χ1v) is 8.70. The van der Waals surface area contributed by atoms with Crippen molar-refractivity contribution in [3.05, 3.63) is 56.9 Å². The van der Waals surface area contributed by atoms with Gasteiger partial charge in [0.2, 0.25) is 0 Å². The number of ketones is 1. The first kappa shape index (κ1) is 18.6. The highest BCUT2D eigenvalue weighted by atomic mass is 16.6. The normalized spacial score (nSPS) is 21.9. The molecule has 2 aliphatic rings. The van der Waals surface area contributed by atoms with Gasteiger partial charge in [-0.25, -0.2) is 4.79 Å². The van der Waals surface area contributed by atoms with E-state index >= 15 is 0 Å². The van der Waals surface area contributed by atoms with Crippen LogP contribution < -0.4 is 5.32 Å². The highest BCUT2D eigenvalue weighted by Gasteiger charge is 2.43. The fraction of sp³-hybridized carbons (Fsp3) is 0.368. The molecule has 8 heteroatoms. The zero-order chi connectivity index (χ0) is 19.7. The van der Waals surface area contributed by atoms with Gasteiger partial charge in [0.15, 0.2) is 5.75 Å². The molecule has 1 aliphatic carbocycles. The molecule has 0 fully saturated rings. The van der Waals surface area contributed by atoms with Gasteiger partial charge in [0.05, 0.1) is 23.0 Å². The highest BCUT2D eigenvalue weighted by molar-refractivity contribution is 5.96. The topological polar surface area (TPSA) is 119 Å². The number of nitrogens with one attached hydrogen (secondary N) is 1. The molecule has 2 atom stereocenters. The van der Waals surface area contributed by atoms with Crippen molar-refractivity contribution in [2.24, 2.45) is 5.92 Å². The summed E-state index contributed by atoms with van der Waals surface area (Å²) in [6.45, 7) is 3.56. The van der Waals surface area contributed by atoms with Crippen LogP contribution in [-0.4, -0.2) is 28.4 Å². The molecular weight excluding hydrogens is 352 g/mol. The number of rotatable bonds is 4. The standard InChI is InChI=1S/C19H20N2O6/c1-3-27-19(24)16-10(2)20-12-5-4-6-15(23)18(12)17(16)11-7-8-14(22)13(9-11)21(25)26/h5,7-9,17-18,20,22H,3-4,6H2,1-2H3. The first-order chi connectivity index (χ1) is 12.8. The molecule has 0 aromatic heterocycles. The van der Waals surface area contributed by atoms with Gasteiger partial charge < -0.3 is 15.2 Å². The van der Waals surface area contributed by atoms with E-state index in [0.717, 1.165) is 0 Å². The van der Waals surface area contributed by atoms with Gasteiger partial charge in [-0.1, -0.05) is 12.1 Å². The number of esters is 1. The highest BCUT2D eigenvalue weighted by Crippen LogP contribution is 2.45. The lowest BCUT2D eigenvalue weighted by molar-refractivity contribution is -0.385. The third-order valence-electron chi connectivity index (χ3n) is 4.87. The number of Topliss-reactive ketones (excluding diaryl/α,β-unsaturated/α-hetero) is 1. The summed E-state index contributed by atoms with van der Waals surface area (Å²) in [5.74, 6) is -2.45. The van der Waals surface area contributed by atoms with Crippen LogP contribution in [0.25, 0.3) is 0 Å². The van der Waals surface area contributed by atoms with Gasteiger partial charge >= 0.3 is 11.7 Å². The second-order valence-electron chi connectivity index (χ2n) is 6.51. The molecule has 27 heavy (non-hydrogen) atoms. The molecule has 1 aromatic carbocycles. The zero-order valence-corrected chi connectivity index (χ0v) is 15.0. The number of nitro groups is 1. The van der Waals surface area contributed by atoms with E-state index in [0.29, 0.717) is 29.8 Å². The minimum Gasteiger partial charge on any atom is -0.502 e. The van der Waals surface area contributed by atoms with Gasteiger partial charge in [-0.05, 0) is 31.9 Å². The number of aromatic hydroxyl groups is 1. The molecule has 1 aromatic rings. The Morgan fingerprint density at radius 1 is 1.41 bits per heavy atom. The van der Waals surface area contributed by atoms with Gasteiger partial charge in [0, 0.05) is 29.8 Å². The Bertz CT molecular complexity index is 886. The summed E-state index contributed by atoms with van der Waals surface area (Å²) >= 11 is 0. The van der Waals surface area contributed by atoms with E-state index in [1.54, 1.807) is 13.8 Å². The Balaban J connectivity index is 2.21. The molecule has 3 rings (SSSR count). The summed E-state index contributed by atoms with van der Waals surface area (Å²) in [5.41, 5.74) is 1.45. The lowest BCUT2D eigenvalue weighted by atomic mass is 9.71. The summed E-state index contributed by atoms with van der Waals surface area (Å²) in [6, 6.07) is 3.94. The van der Waals surface area contributed by atoms with Crippen molar-refractivity contribution in [1.82, 2.24) is 5.32 Å². The molecule has 142 valence electrons. The van der Waals surface area contributed by atoms with Crippen molar-refractivity contribution in [2.75, 3.05) is 6.61 Å². The summed E-state index contributed by atoms with van der Waals surface area (Å²) < 4.78 is 5.17. The fourth-order valence-electron chi connectivity index (χ4n) is 3.73. The molecule has 0 saturated heterocycles. The van der Waals surface area contributed by atoms with Crippen LogP contribution >= 0.6 is 0 Å². The Morgan fingerprint density at radius 2 is 2.15 bits per heavy atom. The van der Waals surface area contributed by atoms with Crippen LogP contribution in [0, 0.1) is 16.0 Å². The average molecular weight is 372 g/mol. The monoisotopic (exact) mass is 372 g/mol. The molecule has 0 radical (unpaired) electrons. The van der Waals surface area contributed by atoms with Crippen molar-refractivity contribution in [2.45, 2.75) is 32.6 Å². The number of hydrogen-bond donors (Lipinski definition) is 2. The van der Waals surface area contributed by atoms with E-state index in [2.05, 4.69) is 5.32 Å². The van der Waals surface area contributed by atoms with Crippen LogP contribution in [0.15, 0.2) is 41.2 Å². The molecule has 8 nitrogen and oxygen atoms in total. The third kappa shape index (κ3) is 3.30. The molecule has 0 bridgehead atoms. The van der Waals surface area contributed by atoms with Gasteiger partial charge in [-0.3, -0.25) is 14.9 Å². The maximum Gasteiger partial charge on any atom is 0.336 e. The van der Waals surface area contributed by atoms with Crippen LogP contribution in [-0.2, 0) is 14.3 Å². The average Bonchev–Trinajstić information content (AvgIpc) is 2.61. The van der Waals surface area contributed by atoms with E-state index in [-0.39, 0.29) is 18.0 Å². The molecule has 1 heterocycles. The maximum absolute atomic E-state index is 12.7. The number of allylic oxidation sites excluding steroid dienone is 3. The Kier molecular flexibility index (Phi) is 4.98. The number of nitrogens with zero attached hydrogens (tertiary/aromatic N) is 1. The van der Waals surface area contributed by atoms with E-state index < -0.39 is 34.2 Å². The third-order valence-corrected chi connectivity index (χ3v) is 4.87. The fourth-order valence-corrected chi connectivity index (χ4v) is 3.73. The van der Waals surface area contributed by atoms with Crippen molar-refractivity contribution < 1.29 is 24.4 Å². The number of hydrogen-bond acceptors (Lipinski definition) is 7. The zero-order valence-electron chi connectivity index (χ0n) is 15.0. The summed E-state index contributed by atoms with van der Waals surface area (Å²) in [7, 11) is 0. The predicted molar refractivity (Wildman–Crippen MR) is 95.8 cm³/mol. The second kappa shape index (κ2) is 7.22. The molecule has 0 saturated carbocycles. The van der Waals surface area contributed by atoms with Crippen LogP contribution in [0.5, 0.6) is 5.75 Å². The maximum atomic E-state index is 12.7. The second-order valence-corrected chi connectivity index (χ2v) is 6.51. The van der Waals surface area contributed by atoms with Gasteiger partial charge in [0.1, 0.15) is 5.78 Å². The lowest BCUT2D eigenvalue weighted by Crippen LogP contribution is -2.40. The Morgan fingerprint density at radius 3 is 2.81 bits per heavy atom. The molecule has 2 unspecified atom stereocenters. The van der Waals surface area contributed by atoms with E-state index in [9.17, 15) is 24.8 Å². The number of nitro benzene ring substituents is 1. The summed E-state index contributed by atoms with van der Waals surface area (Å²) in [5, 5.41) is 24.1. The van der Waals surface area contributed by atoms with Crippen LogP contribution in [0.3, 0.4) is 0 Å². The van der Waals surface area contributed by atoms with E-state index in [1.165, 1.54) is 18.2 Å². The SMILES string of the molecule is CCOC(=O)C1=C(C)NC2=CCCC(=O)C2C1c1ccc(O)c([N+](=O)[O-])c1. The molecule has 1 aliphatic heterocycles. The van der Waals surface area contributed by atoms with Gasteiger partial charge in [0.25, 0.3) is 0 Å². The molecule has 0 amide bonds. The first-order valence-electron chi connectivity index (χ1n) is 8.70. The number of phenols is 1. The minimum atomic E-state index is -0.719. The smallest absolute Gasteiger partial charge is 0.336 e. The largest absolute Gasteiger partial charge is 0.502 e. The van der Waals surface area contributed by atoms with Crippen LogP contribution in [0.1, 0.15) is 38.2 Å². The van der Waals surface area contributed by atoms with Crippen molar-refractivity contribution >= 4 is 17.4 Å². The van der Waals surface area contributed by atoms with Crippen molar-refractivity contribution in [3.63, 3.8) is 0 Å². The number of phenolic OH excluding ortho intramolecular Hbond substituents is 1. The van der Waals surface area contributed by atoms with Crippen LogP contribution in [0.4, 0.5) is 5.69 Å². The summed E-state index contributed by atoms with van der Waals surface area (Å²) in [4.78, 5) is 35.9. The van der Waals surface area contributed by atoms with E-state index in [4.69, 9.17) is 4.74 Å². The van der Waals surface area contributed by atoms with Crippen LogP contribution in [0.2, 0.25) is 0 Å². The molecular formula is C19H20N2O6. The Labute approximate surface area is 155 Å². The summed E-state index contributed by atoms with van der Waals surface area (Å²) in [6.07, 6.45) is 2.85. The van der Waals surface area contributed by atoms with Crippen molar-refractivity contribution in [3.8, 4) is 5.75 Å². The number of carbonyl (C=O) groups is 2. The lowest BCUT2D eigenvalue weighted by Gasteiger charge is -2.37. The number of benzene rings is 1. The van der Waals surface area contributed by atoms with Crippen molar-refractivity contribution in [1.29, 1.82) is 0 Å². The number of carbonyl (C=O) groups excluding carboxylic acids is 2. The Hall–Kier alpha value is -3.16. The van der Waals surface area contributed by atoms with Gasteiger partial charge in [-0.15, -0.1) is 0 Å². The predicted octanol–water partition coefficient (Wildman–Crippen LogP) is 2.69. The number of fused-ring (bicyclic) bond motifs is 1. The minimum absolute atomic E-state index is 0.0463. The number of ether oxygens (including phenoxy) is 1. The molecule has 0 spiro atoms. The molecule has 2 N–H and O–H groups in total.